The fourth-order valence-electron chi connectivity index (χ4n) is 7.78. The molecule has 1 aromatic heterocycles. The number of hydrogen-bond donors (Lipinski definition) is 0. The number of para-hydroxylation sites is 1. The third-order valence-electron chi connectivity index (χ3n) is 10.0. The van der Waals surface area contributed by atoms with Crippen LogP contribution in [0.1, 0.15) is 0 Å². The van der Waals surface area contributed by atoms with Crippen molar-refractivity contribution in [3.63, 3.8) is 0 Å². The number of anilines is 3. The Hall–Kier alpha value is -6.64. The zero-order valence-corrected chi connectivity index (χ0v) is 27.3. The minimum atomic E-state index is 0.869. The molecule has 2 heteroatoms. The Bertz CT molecular complexity index is 2850. The number of benzene rings is 9. The molecule has 10 rings (SSSR count). The molecule has 0 fully saturated rings. The van der Waals surface area contributed by atoms with Gasteiger partial charge >= 0.3 is 0 Å². The van der Waals surface area contributed by atoms with Crippen LogP contribution in [0.3, 0.4) is 0 Å². The van der Waals surface area contributed by atoms with E-state index in [9.17, 15) is 0 Å². The van der Waals surface area contributed by atoms with Crippen LogP contribution >= 0.6 is 0 Å². The third-order valence-corrected chi connectivity index (χ3v) is 10.0. The second-order valence-corrected chi connectivity index (χ2v) is 12.9. The van der Waals surface area contributed by atoms with E-state index < -0.39 is 0 Å². The van der Waals surface area contributed by atoms with E-state index in [2.05, 4.69) is 187 Å². The summed E-state index contributed by atoms with van der Waals surface area (Å²) in [4.78, 5) is 2.45. The van der Waals surface area contributed by atoms with Crippen molar-refractivity contribution in [2.45, 2.75) is 0 Å². The maximum absolute atomic E-state index is 6.47. The van der Waals surface area contributed by atoms with Gasteiger partial charge in [-0.25, -0.2) is 0 Å². The third kappa shape index (κ3) is 4.50. The molecule has 0 aliphatic rings. The zero-order valence-electron chi connectivity index (χ0n) is 27.3. The fraction of sp³-hybridized carbons (Fsp3) is 0. The highest BCUT2D eigenvalue weighted by Crippen LogP contribution is 2.49. The van der Waals surface area contributed by atoms with Gasteiger partial charge in [0.25, 0.3) is 0 Å². The van der Waals surface area contributed by atoms with E-state index in [-0.39, 0.29) is 0 Å². The Morgan fingerprint density at radius 3 is 1.74 bits per heavy atom. The number of fused-ring (bicyclic) bond motifs is 8. The van der Waals surface area contributed by atoms with Crippen LogP contribution in [-0.4, -0.2) is 0 Å². The van der Waals surface area contributed by atoms with Crippen LogP contribution in [0.2, 0.25) is 0 Å². The average Bonchev–Trinajstić information content (AvgIpc) is 3.58. The first-order valence-electron chi connectivity index (χ1n) is 17.1. The van der Waals surface area contributed by atoms with E-state index in [4.69, 9.17) is 4.42 Å². The molecule has 1 heterocycles. The monoisotopic (exact) mass is 637 g/mol. The predicted molar refractivity (Wildman–Crippen MR) is 212 cm³/mol. The van der Waals surface area contributed by atoms with Crippen molar-refractivity contribution in [3.8, 4) is 22.3 Å². The minimum Gasteiger partial charge on any atom is -0.456 e. The SMILES string of the molecule is c1ccc(-c2ccc(N(c3cc4ccccc4c4c3ccc3ccccc34)c3cccc4oc5ccccc5c34)cc2-c2ccccc2)cc1. The van der Waals surface area contributed by atoms with E-state index in [1.165, 1.54) is 54.6 Å². The van der Waals surface area contributed by atoms with Crippen LogP contribution in [0.5, 0.6) is 0 Å². The smallest absolute Gasteiger partial charge is 0.137 e. The van der Waals surface area contributed by atoms with Gasteiger partial charge in [0, 0.05) is 16.5 Å². The van der Waals surface area contributed by atoms with Crippen molar-refractivity contribution in [3.05, 3.63) is 188 Å². The molecule has 50 heavy (non-hydrogen) atoms. The lowest BCUT2D eigenvalue weighted by Gasteiger charge is -2.29. The van der Waals surface area contributed by atoms with Crippen molar-refractivity contribution < 1.29 is 4.42 Å². The molecule has 0 aliphatic carbocycles. The first-order chi connectivity index (χ1) is 24.8. The standard InChI is InChI=1S/C48H31NO/c1-3-14-32(15-4-1)37-29-27-36(31-42(37)33-16-5-2-6-17-33)49(43-23-13-25-46-48(43)41-22-11-12-24-45(41)50-46)44-30-35-19-8-10-21-39(35)47-38-20-9-7-18-34(38)26-28-40(44)47/h1-31H. The molecular formula is C48H31NO. The van der Waals surface area contributed by atoms with Crippen LogP contribution in [0, 0.1) is 0 Å². The molecule has 0 aliphatic heterocycles. The Kier molecular flexibility index (Phi) is 6.53. The van der Waals surface area contributed by atoms with Crippen molar-refractivity contribution >= 4 is 71.3 Å². The molecule has 0 spiro atoms. The van der Waals surface area contributed by atoms with Crippen LogP contribution in [0.25, 0.3) is 76.5 Å². The van der Waals surface area contributed by atoms with Gasteiger partial charge in [0.15, 0.2) is 0 Å². The van der Waals surface area contributed by atoms with Gasteiger partial charge in [0.2, 0.25) is 0 Å². The van der Waals surface area contributed by atoms with E-state index in [1.54, 1.807) is 0 Å². The first-order valence-corrected chi connectivity index (χ1v) is 17.1. The van der Waals surface area contributed by atoms with Gasteiger partial charge in [0.05, 0.1) is 16.8 Å². The lowest BCUT2D eigenvalue weighted by molar-refractivity contribution is 0.669. The van der Waals surface area contributed by atoms with Crippen molar-refractivity contribution in [2.24, 2.45) is 0 Å². The fourth-order valence-corrected chi connectivity index (χ4v) is 7.78. The second kappa shape index (κ2) is 11.5. The van der Waals surface area contributed by atoms with Gasteiger partial charge in [-0.3, -0.25) is 0 Å². The summed E-state index contributed by atoms with van der Waals surface area (Å²) in [5, 5.41) is 9.58. The molecule has 9 aromatic carbocycles. The van der Waals surface area contributed by atoms with E-state index in [0.29, 0.717) is 0 Å². The van der Waals surface area contributed by atoms with Gasteiger partial charge in [-0.2, -0.15) is 0 Å². The van der Waals surface area contributed by atoms with E-state index in [1.807, 2.05) is 6.07 Å². The van der Waals surface area contributed by atoms with Crippen LogP contribution in [-0.2, 0) is 0 Å². The minimum absolute atomic E-state index is 0.869. The highest BCUT2D eigenvalue weighted by molar-refractivity contribution is 6.25. The lowest BCUT2D eigenvalue weighted by atomic mass is 9.92. The normalized spacial score (nSPS) is 11.6. The molecule has 0 N–H and O–H groups in total. The number of rotatable bonds is 5. The van der Waals surface area contributed by atoms with Crippen molar-refractivity contribution in [2.75, 3.05) is 4.90 Å². The Morgan fingerprint density at radius 2 is 0.960 bits per heavy atom. The van der Waals surface area contributed by atoms with Crippen LogP contribution in [0.15, 0.2) is 192 Å². The van der Waals surface area contributed by atoms with Crippen LogP contribution in [0.4, 0.5) is 17.1 Å². The average molecular weight is 638 g/mol. The van der Waals surface area contributed by atoms with Crippen molar-refractivity contribution in [1.29, 1.82) is 0 Å². The molecule has 0 unspecified atom stereocenters. The Labute approximate surface area is 290 Å². The molecule has 234 valence electrons. The second-order valence-electron chi connectivity index (χ2n) is 12.9. The molecule has 0 bridgehead atoms. The zero-order chi connectivity index (χ0) is 33.0. The predicted octanol–water partition coefficient (Wildman–Crippen LogP) is 13.8. The Morgan fingerprint density at radius 1 is 0.340 bits per heavy atom. The molecule has 0 saturated heterocycles. The number of nitrogens with zero attached hydrogens (tertiary/aromatic N) is 1. The molecular weight excluding hydrogens is 607 g/mol. The molecule has 0 amide bonds. The number of hydrogen-bond acceptors (Lipinski definition) is 2. The summed E-state index contributed by atoms with van der Waals surface area (Å²) in [6.45, 7) is 0. The lowest BCUT2D eigenvalue weighted by Crippen LogP contribution is -2.11. The van der Waals surface area contributed by atoms with Crippen LogP contribution < -0.4 is 4.90 Å². The Balaban J connectivity index is 1.35. The summed E-state index contributed by atoms with van der Waals surface area (Å²) in [6.07, 6.45) is 0. The van der Waals surface area contributed by atoms with Gasteiger partial charge in [-0.1, -0.05) is 152 Å². The molecule has 0 saturated carbocycles. The molecule has 0 atom stereocenters. The highest BCUT2D eigenvalue weighted by atomic mass is 16.3. The van der Waals surface area contributed by atoms with E-state index in [0.717, 1.165) is 39.0 Å². The van der Waals surface area contributed by atoms with Crippen molar-refractivity contribution in [1.82, 2.24) is 0 Å². The van der Waals surface area contributed by atoms with Gasteiger partial charge in [0.1, 0.15) is 11.2 Å². The summed E-state index contributed by atoms with van der Waals surface area (Å²) in [7, 11) is 0. The summed E-state index contributed by atoms with van der Waals surface area (Å²) in [5.74, 6) is 0. The summed E-state index contributed by atoms with van der Waals surface area (Å²) in [6, 6.07) is 67.6. The highest BCUT2D eigenvalue weighted by Gasteiger charge is 2.23. The van der Waals surface area contributed by atoms with Gasteiger partial charge in [-0.05, 0) is 85.6 Å². The first kappa shape index (κ1) is 28.4. The summed E-state index contributed by atoms with van der Waals surface area (Å²) < 4.78 is 6.47. The quantitative estimate of drug-likeness (QED) is 0.175. The molecule has 0 radical (unpaired) electrons. The summed E-state index contributed by atoms with van der Waals surface area (Å²) >= 11 is 0. The van der Waals surface area contributed by atoms with E-state index >= 15 is 0 Å². The maximum atomic E-state index is 6.47. The maximum Gasteiger partial charge on any atom is 0.137 e. The number of furan rings is 1. The van der Waals surface area contributed by atoms with Gasteiger partial charge < -0.3 is 9.32 Å². The topological polar surface area (TPSA) is 16.4 Å². The largest absolute Gasteiger partial charge is 0.456 e. The van der Waals surface area contributed by atoms with Gasteiger partial charge in [-0.15, -0.1) is 0 Å². The molecule has 10 aromatic rings. The summed E-state index contributed by atoms with van der Waals surface area (Å²) in [5.41, 5.74) is 9.76. The molecule has 2 nitrogen and oxygen atoms in total.